The van der Waals surface area contributed by atoms with Gasteiger partial charge >= 0.3 is 11.9 Å². The van der Waals surface area contributed by atoms with E-state index in [-0.39, 0.29) is 31.0 Å². The highest BCUT2D eigenvalue weighted by atomic mass is 16.5. The van der Waals surface area contributed by atoms with Crippen molar-refractivity contribution in [1.29, 1.82) is 0 Å². The Morgan fingerprint density at radius 1 is 1.04 bits per heavy atom. The Kier molecular flexibility index (Phi) is 6.96. The minimum Gasteiger partial charge on any atom is -0.494 e. The van der Waals surface area contributed by atoms with Crippen LogP contribution in [-0.4, -0.2) is 31.4 Å². The van der Waals surface area contributed by atoms with Crippen LogP contribution in [0.1, 0.15) is 46.2 Å². The van der Waals surface area contributed by atoms with Crippen molar-refractivity contribution in [3.8, 4) is 5.75 Å². The molecular formula is C19H20O7. The molecule has 2 rings (SSSR count). The first kappa shape index (κ1) is 19.2. The van der Waals surface area contributed by atoms with Gasteiger partial charge in [-0.15, -0.1) is 0 Å². The molecule has 0 atom stereocenters. The van der Waals surface area contributed by atoms with Gasteiger partial charge in [-0.25, -0.2) is 4.79 Å². The van der Waals surface area contributed by atoms with Crippen molar-refractivity contribution in [3.05, 3.63) is 53.5 Å². The number of ketones is 1. The van der Waals surface area contributed by atoms with E-state index in [2.05, 4.69) is 4.74 Å². The number of ether oxygens (including phenoxy) is 3. The predicted octanol–water partition coefficient (Wildman–Crippen LogP) is 3.17. The summed E-state index contributed by atoms with van der Waals surface area (Å²) in [6.45, 7) is 2.30. The Labute approximate surface area is 150 Å². The lowest BCUT2D eigenvalue weighted by Crippen LogP contribution is -2.10. The van der Waals surface area contributed by atoms with Gasteiger partial charge in [-0.05, 0) is 37.3 Å². The average molecular weight is 360 g/mol. The monoisotopic (exact) mass is 360 g/mol. The molecule has 1 heterocycles. The van der Waals surface area contributed by atoms with Crippen LogP contribution in [0, 0.1) is 0 Å². The van der Waals surface area contributed by atoms with Crippen LogP contribution in [0.2, 0.25) is 0 Å². The first-order chi connectivity index (χ1) is 12.5. The van der Waals surface area contributed by atoms with Gasteiger partial charge in [0, 0.05) is 17.5 Å². The van der Waals surface area contributed by atoms with Gasteiger partial charge in [0.2, 0.25) is 5.76 Å². The molecule has 7 nitrogen and oxygen atoms in total. The van der Waals surface area contributed by atoms with E-state index >= 15 is 0 Å². The number of methoxy groups -OCH3 is 1. The number of hydrogen-bond acceptors (Lipinski definition) is 7. The number of esters is 2. The molecule has 2 aromatic rings. The summed E-state index contributed by atoms with van der Waals surface area (Å²) in [5.74, 6) is -0.674. The Morgan fingerprint density at radius 2 is 1.77 bits per heavy atom. The zero-order valence-corrected chi connectivity index (χ0v) is 14.7. The van der Waals surface area contributed by atoms with Crippen LogP contribution in [0.4, 0.5) is 0 Å². The second-order valence-corrected chi connectivity index (χ2v) is 5.31. The first-order valence-electron chi connectivity index (χ1n) is 8.11. The molecule has 7 heteroatoms. The van der Waals surface area contributed by atoms with Crippen molar-refractivity contribution in [3.63, 3.8) is 0 Å². The third-order valence-electron chi connectivity index (χ3n) is 3.55. The van der Waals surface area contributed by atoms with Gasteiger partial charge in [-0.1, -0.05) is 0 Å². The van der Waals surface area contributed by atoms with Gasteiger partial charge in [-0.3, -0.25) is 9.59 Å². The zero-order chi connectivity index (χ0) is 18.9. The molecule has 0 amide bonds. The summed E-state index contributed by atoms with van der Waals surface area (Å²) in [4.78, 5) is 35.4. The fraction of sp³-hybridized carbons (Fsp3) is 0.316. The molecule has 1 aromatic heterocycles. The molecule has 0 radical (unpaired) electrons. The number of Topliss-reactive ketones (excluding diaryl/α,β-unsaturated/α-hetero) is 1. The molecule has 0 spiro atoms. The van der Waals surface area contributed by atoms with E-state index < -0.39 is 11.9 Å². The van der Waals surface area contributed by atoms with E-state index in [1.807, 2.05) is 6.92 Å². The molecule has 0 fully saturated rings. The minimum atomic E-state index is -0.647. The van der Waals surface area contributed by atoms with Crippen LogP contribution in [0.5, 0.6) is 5.75 Å². The third kappa shape index (κ3) is 5.20. The van der Waals surface area contributed by atoms with E-state index in [9.17, 15) is 14.4 Å². The lowest BCUT2D eigenvalue weighted by Gasteiger charge is -2.06. The van der Waals surface area contributed by atoms with E-state index in [4.69, 9.17) is 13.9 Å². The van der Waals surface area contributed by atoms with Crippen LogP contribution < -0.4 is 4.74 Å². The van der Waals surface area contributed by atoms with Crippen molar-refractivity contribution in [1.82, 2.24) is 0 Å². The van der Waals surface area contributed by atoms with Crippen molar-refractivity contribution in [2.24, 2.45) is 0 Å². The van der Waals surface area contributed by atoms with Gasteiger partial charge < -0.3 is 18.6 Å². The van der Waals surface area contributed by atoms with Gasteiger partial charge in [-0.2, -0.15) is 0 Å². The van der Waals surface area contributed by atoms with Crippen molar-refractivity contribution in [2.75, 3.05) is 13.7 Å². The number of benzene rings is 1. The standard InChI is InChI=1S/C19H20O7/c1-3-24-15-6-4-13(5-7-15)16(20)8-9-17(21)26-12-14-10-11-25-18(14)19(22)23-2/h4-7,10-11H,3,8-9,12H2,1-2H3. The summed E-state index contributed by atoms with van der Waals surface area (Å²) < 4.78 is 20.0. The normalized spacial score (nSPS) is 10.2. The summed E-state index contributed by atoms with van der Waals surface area (Å²) in [6, 6.07) is 8.26. The van der Waals surface area contributed by atoms with Crippen LogP contribution >= 0.6 is 0 Å². The van der Waals surface area contributed by atoms with E-state index in [1.54, 1.807) is 24.3 Å². The molecule has 26 heavy (non-hydrogen) atoms. The Balaban J connectivity index is 1.80. The molecule has 0 aliphatic carbocycles. The van der Waals surface area contributed by atoms with Gasteiger partial charge in [0.15, 0.2) is 5.78 Å². The van der Waals surface area contributed by atoms with Gasteiger partial charge in [0.1, 0.15) is 12.4 Å². The number of carbonyl (C=O) groups excluding carboxylic acids is 3. The van der Waals surface area contributed by atoms with Gasteiger partial charge in [0.25, 0.3) is 0 Å². The molecule has 0 N–H and O–H groups in total. The maximum absolute atomic E-state index is 12.1. The molecule has 0 unspecified atom stereocenters. The molecule has 138 valence electrons. The fourth-order valence-corrected chi connectivity index (χ4v) is 2.22. The van der Waals surface area contributed by atoms with Crippen molar-refractivity contribution in [2.45, 2.75) is 26.4 Å². The molecule has 0 aliphatic rings. The van der Waals surface area contributed by atoms with Crippen LogP contribution in [0.3, 0.4) is 0 Å². The molecule has 0 saturated heterocycles. The largest absolute Gasteiger partial charge is 0.494 e. The SMILES string of the molecule is CCOc1ccc(C(=O)CCC(=O)OCc2ccoc2C(=O)OC)cc1. The molecule has 0 saturated carbocycles. The molecule has 1 aromatic carbocycles. The van der Waals surface area contributed by atoms with Gasteiger partial charge in [0.05, 0.1) is 26.4 Å². The number of carbonyl (C=O) groups is 3. The smallest absolute Gasteiger partial charge is 0.374 e. The van der Waals surface area contributed by atoms with Crippen LogP contribution in [-0.2, 0) is 20.9 Å². The topological polar surface area (TPSA) is 92.0 Å². The number of hydrogen-bond donors (Lipinski definition) is 0. The quantitative estimate of drug-likeness (QED) is 0.501. The summed E-state index contributed by atoms with van der Waals surface area (Å²) >= 11 is 0. The van der Waals surface area contributed by atoms with E-state index in [1.165, 1.54) is 19.4 Å². The summed E-state index contributed by atoms with van der Waals surface area (Å²) in [6.07, 6.45) is 1.28. The van der Waals surface area contributed by atoms with E-state index in [0.29, 0.717) is 23.5 Å². The molecule has 0 aliphatic heterocycles. The summed E-state index contributed by atoms with van der Waals surface area (Å²) in [7, 11) is 1.23. The Hall–Kier alpha value is -3.09. The lowest BCUT2D eigenvalue weighted by atomic mass is 10.1. The number of furan rings is 1. The maximum Gasteiger partial charge on any atom is 0.374 e. The second kappa shape index (κ2) is 9.41. The Morgan fingerprint density at radius 3 is 2.42 bits per heavy atom. The molecular weight excluding hydrogens is 340 g/mol. The second-order valence-electron chi connectivity index (χ2n) is 5.31. The highest BCUT2D eigenvalue weighted by Gasteiger charge is 2.17. The molecule has 0 bridgehead atoms. The first-order valence-corrected chi connectivity index (χ1v) is 8.11. The fourth-order valence-electron chi connectivity index (χ4n) is 2.22. The third-order valence-corrected chi connectivity index (χ3v) is 3.55. The predicted molar refractivity (Wildman–Crippen MR) is 91.0 cm³/mol. The number of rotatable bonds is 9. The van der Waals surface area contributed by atoms with Crippen LogP contribution in [0.25, 0.3) is 0 Å². The zero-order valence-electron chi connectivity index (χ0n) is 14.7. The highest BCUT2D eigenvalue weighted by molar-refractivity contribution is 5.97. The van der Waals surface area contributed by atoms with E-state index in [0.717, 1.165) is 0 Å². The van der Waals surface area contributed by atoms with Crippen molar-refractivity contribution < 1.29 is 33.0 Å². The Bertz CT molecular complexity index is 758. The van der Waals surface area contributed by atoms with Crippen LogP contribution in [0.15, 0.2) is 41.0 Å². The lowest BCUT2D eigenvalue weighted by molar-refractivity contribution is -0.144. The minimum absolute atomic E-state index is 0.00855. The van der Waals surface area contributed by atoms with Crippen molar-refractivity contribution >= 4 is 17.7 Å². The summed E-state index contributed by atoms with van der Waals surface area (Å²) in [5.41, 5.74) is 0.909. The summed E-state index contributed by atoms with van der Waals surface area (Å²) in [5, 5.41) is 0. The highest BCUT2D eigenvalue weighted by Crippen LogP contribution is 2.15. The average Bonchev–Trinajstić information content (AvgIpc) is 3.13. The maximum atomic E-state index is 12.1.